The van der Waals surface area contributed by atoms with Crippen molar-refractivity contribution in [2.45, 2.75) is 39.3 Å². The van der Waals surface area contributed by atoms with Gasteiger partial charge in [0.1, 0.15) is 18.5 Å². The standard InChI is InChI=1S/C15H24ClNO2/c1-11(2)8-12(3)17-9-14(18)10-19-15-6-4-13(16)5-7-15/h4-7,11-12,14,17-18H,8-10H2,1-3H3. The monoisotopic (exact) mass is 285 g/mol. The van der Waals surface area contributed by atoms with Gasteiger partial charge in [-0.1, -0.05) is 25.4 Å². The average Bonchev–Trinajstić information content (AvgIpc) is 2.35. The second-order valence-electron chi connectivity index (χ2n) is 5.36. The summed E-state index contributed by atoms with van der Waals surface area (Å²) in [6, 6.07) is 7.54. The summed E-state index contributed by atoms with van der Waals surface area (Å²) in [5.74, 6) is 1.38. The number of ether oxygens (including phenoxy) is 1. The summed E-state index contributed by atoms with van der Waals surface area (Å²) in [6.07, 6.45) is 0.593. The molecule has 0 fully saturated rings. The zero-order valence-corrected chi connectivity index (χ0v) is 12.7. The summed E-state index contributed by atoms with van der Waals surface area (Å²) in [5.41, 5.74) is 0. The Balaban J connectivity index is 2.20. The van der Waals surface area contributed by atoms with Crippen molar-refractivity contribution in [3.05, 3.63) is 29.3 Å². The third kappa shape index (κ3) is 7.41. The molecule has 0 amide bonds. The van der Waals surface area contributed by atoms with Crippen molar-refractivity contribution in [1.29, 1.82) is 0 Å². The molecule has 2 N–H and O–H groups in total. The summed E-state index contributed by atoms with van der Waals surface area (Å²) in [7, 11) is 0. The van der Waals surface area contributed by atoms with E-state index in [2.05, 4.69) is 26.1 Å². The van der Waals surface area contributed by atoms with Crippen LogP contribution in [-0.4, -0.2) is 30.4 Å². The minimum absolute atomic E-state index is 0.281. The second kappa shape index (κ2) is 8.41. The Morgan fingerprint density at radius 3 is 2.42 bits per heavy atom. The van der Waals surface area contributed by atoms with E-state index in [0.717, 1.165) is 12.2 Å². The third-order valence-electron chi connectivity index (χ3n) is 2.78. The summed E-state index contributed by atoms with van der Waals surface area (Å²) in [6.45, 7) is 7.34. The summed E-state index contributed by atoms with van der Waals surface area (Å²) < 4.78 is 5.49. The molecule has 1 rings (SSSR count). The van der Waals surface area contributed by atoms with E-state index in [4.69, 9.17) is 16.3 Å². The Morgan fingerprint density at radius 1 is 1.21 bits per heavy atom. The Labute approximate surface area is 120 Å². The van der Waals surface area contributed by atoms with Gasteiger partial charge >= 0.3 is 0 Å². The van der Waals surface area contributed by atoms with Crippen molar-refractivity contribution in [2.24, 2.45) is 5.92 Å². The molecule has 0 heterocycles. The molecule has 0 aromatic heterocycles. The normalized spacial score (nSPS) is 14.4. The van der Waals surface area contributed by atoms with Crippen molar-refractivity contribution in [3.8, 4) is 5.75 Å². The SMILES string of the molecule is CC(C)CC(C)NCC(O)COc1ccc(Cl)cc1. The van der Waals surface area contributed by atoms with Crippen LogP contribution in [0.3, 0.4) is 0 Å². The van der Waals surface area contributed by atoms with Crippen LogP contribution < -0.4 is 10.1 Å². The lowest BCUT2D eigenvalue weighted by Crippen LogP contribution is -2.37. The fourth-order valence-corrected chi connectivity index (χ4v) is 2.04. The number of aliphatic hydroxyl groups is 1. The molecular formula is C15H24ClNO2. The molecule has 3 nitrogen and oxygen atoms in total. The van der Waals surface area contributed by atoms with Crippen LogP contribution in [-0.2, 0) is 0 Å². The molecule has 0 aliphatic rings. The van der Waals surface area contributed by atoms with Crippen molar-refractivity contribution >= 4 is 11.6 Å². The first-order chi connectivity index (χ1) is 8.97. The molecule has 0 saturated heterocycles. The molecule has 0 bridgehead atoms. The molecular weight excluding hydrogens is 262 g/mol. The van der Waals surface area contributed by atoms with Crippen LogP contribution in [0.5, 0.6) is 5.75 Å². The molecule has 4 heteroatoms. The molecule has 1 aromatic carbocycles. The highest BCUT2D eigenvalue weighted by Crippen LogP contribution is 2.15. The third-order valence-corrected chi connectivity index (χ3v) is 3.03. The zero-order chi connectivity index (χ0) is 14.3. The molecule has 0 spiro atoms. The van der Waals surface area contributed by atoms with Crippen molar-refractivity contribution in [2.75, 3.05) is 13.2 Å². The van der Waals surface area contributed by atoms with E-state index in [9.17, 15) is 5.11 Å². The number of halogens is 1. The van der Waals surface area contributed by atoms with Gasteiger partial charge in [0, 0.05) is 17.6 Å². The summed E-state index contributed by atoms with van der Waals surface area (Å²) >= 11 is 5.79. The minimum atomic E-state index is -0.509. The number of benzene rings is 1. The molecule has 2 unspecified atom stereocenters. The second-order valence-corrected chi connectivity index (χ2v) is 5.79. The predicted octanol–water partition coefficient (Wildman–Crippen LogP) is 3.10. The molecule has 1 aromatic rings. The Kier molecular flexibility index (Phi) is 7.21. The van der Waals surface area contributed by atoms with Gasteiger partial charge in [-0.3, -0.25) is 0 Å². The van der Waals surface area contributed by atoms with Crippen LogP contribution in [0.2, 0.25) is 5.02 Å². The highest BCUT2D eigenvalue weighted by molar-refractivity contribution is 6.30. The Morgan fingerprint density at radius 2 is 1.84 bits per heavy atom. The average molecular weight is 286 g/mol. The van der Waals surface area contributed by atoms with E-state index in [0.29, 0.717) is 23.5 Å². The van der Waals surface area contributed by atoms with Crippen LogP contribution >= 0.6 is 11.6 Å². The maximum atomic E-state index is 9.83. The highest BCUT2D eigenvalue weighted by atomic mass is 35.5. The van der Waals surface area contributed by atoms with E-state index >= 15 is 0 Å². The first kappa shape index (κ1) is 16.3. The Hall–Kier alpha value is -0.770. The van der Waals surface area contributed by atoms with Crippen molar-refractivity contribution in [1.82, 2.24) is 5.32 Å². The van der Waals surface area contributed by atoms with E-state index in [1.54, 1.807) is 24.3 Å². The Bertz CT molecular complexity index is 354. The smallest absolute Gasteiger partial charge is 0.119 e. The molecule has 0 aliphatic heterocycles. The zero-order valence-electron chi connectivity index (χ0n) is 11.9. The van der Waals surface area contributed by atoms with Gasteiger partial charge in [-0.2, -0.15) is 0 Å². The first-order valence-electron chi connectivity index (χ1n) is 6.77. The van der Waals surface area contributed by atoms with Gasteiger partial charge in [-0.15, -0.1) is 0 Å². The van der Waals surface area contributed by atoms with Crippen LogP contribution in [0.4, 0.5) is 0 Å². The van der Waals surface area contributed by atoms with Gasteiger partial charge in [0.25, 0.3) is 0 Å². The van der Waals surface area contributed by atoms with E-state index < -0.39 is 6.10 Å². The summed E-state index contributed by atoms with van der Waals surface area (Å²) in [5, 5.41) is 13.8. The predicted molar refractivity (Wildman–Crippen MR) is 79.9 cm³/mol. The maximum absolute atomic E-state index is 9.83. The van der Waals surface area contributed by atoms with Gasteiger partial charge in [0.15, 0.2) is 0 Å². The molecule has 2 atom stereocenters. The quantitative estimate of drug-likeness (QED) is 0.771. The molecule has 19 heavy (non-hydrogen) atoms. The van der Waals surface area contributed by atoms with Gasteiger partial charge in [-0.05, 0) is 43.5 Å². The number of nitrogens with one attached hydrogen (secondary N) is 1. The lowest BCUT2D eigenvalue weighted by atomic mass is 10.1. The van der Waals surface area contributed by atoms with Crippen LogP contribution in [0, 0.1) is 5.92 Å². The molecule has 0 aliphatic carbocycles. The highest BCUT2D eigenvalue weighted by Gasteiger charge is 2.09. The molecule has 0 radical (unpaired) electrons. The molecule has 108 valence electrons. The van der Waals surface area contributed by atoms with Gasteiger partial charge < -0.3 is 15.2 Å². The fraction of sp³-hybridized carbons (Fsp3) is 0.600. The number of hydrogen-bond acceptors (Lipinski definition) is 3. The van der Waals surface area contributed by atoms with E-state index in [1.807, 2.05) is 0 Å². The lowest BCUT2D eigenvalue weighted by molar-refractivity contribution is 0.103. The van der Waals surface area contributed by atoms with Crippen LogP contribution in [0.1, 0.15) is 27.2 Å². The number of hydrogen-bond donors (Lipinski definition) is 2. The van der Waals surface area contributed by atoms with E-state index in [1.165, 1.54) is 0 Å². The fourth-order valence-electron chi connectivity index (χ4n) is 1.91. The van der Waals surface area contributed by atoms with Crippen LogP contribution in [0.25, 0.3) is 0 Å². The molecule has 0 saturated carbocycles. The van der Waals surface area contributed by atoms with Gasteiger partial charge in [0.2, 0.25) is 0 Å². The lowest BCUT2D eigenvalue weighted by Gasteiger charge is -2.19. The van der Waals surface area contributed by atoms with Crippen molar-refractivity contribution in [3.63, 3.8) is 0 Å². The first-order valence-corrected chi connectivity index (χ1v) is 7.15. The van der Waals surface area contributed by atoms with Crippen molar-refractivity contribution < 1.29 is 9.84 Å². The number of rotatable bonds is 8. The van der Waals surface area contributed by atoms with Gasteiger partial charge in [-0.25, -0.2) is 0 Å². The number of aliphatic hydroxyl groups excluding tert-OH is 1. The van der Waals surface area contributed by atoms with Crippen LogP contribution in [0.15, 0.2) is 24.3 Å². The maximum Gasteiger partial charge on any atom is 0.119 e. The largest absolute Gasteiger partial charge is 0.491 e. The topological polar surface area (TPSA) is 41.5 Å². The van der Waals surface area contributed by atoms with E-state index in [-0.39, 0.29) is 6.61 Å². The minimum Gasteiger partial charge on any atom is -0.491 e. The van der Waals surface area contributed by atoms with Gasteiger partial charge in [0.05, 0.1) is 0 Å². The summed E-state index contributed by atoms with van der Waals surface area (Å²) in [4.78, 5) is 0.